The number of carbonyl (C=O) groups excluding carboxylic acids is 1. The van der Waals surface area contributed by atoms with Gasteiger partial charge in [0.05, 0.1) is 18.9 Å². The van der Waals surface area contributed by atoms with Gasteiger partial charge in [-0.3, -0.25) is 4.79 Å². The Kier molecular flexibility index (Phi) is 5.80. The quantitative estimate of drug-likeness (QED) is 0.599. The van der Waals surface area contributed by atoms with Crippen molar-refractivity contribution >= 4 is 11.6 Å². The van der Waals surface area contributed by atoms with Gasteiger partial charge < -0.3 is 9.47 Å². The molecule has 152 valence electrons. The molecule has 1 aliphatic rings. The van der Waals surface area contributed by atoms with E-state index in [0.29, 0.717) is 12.2 Å². The van der Waals surface area contributed by atoms with Gasteiger partial charge in [0, 0.05) is 6.42 Å². The largest absolute Gasteiger partial charge is 0.497 e. The Morgan fingerprint density at radius 1 is 1.00 bits per heavy atom. The van der Waals surface area contributed by atoms with E-state index in [1.54, 1.807) is 12.1 Å². The molecule has 5 nitrogen and oxygen atoms in total. The van der Waals surface area contributed by atoms with Crippen LogP contribution < -0.4 is 9.47 Å². The van der Waals surface area contributed by atoms with Gasteiger partial charge >= 0.3 is 0 Å². The maximum atomic E-state index is 13.1. The molecule has 0 aromatic heterocycles. The number of hydrogen-bond donors (Lipinski definition) is 0. The normalized spacial score (nSPS) is 15.6. The van der Waals surface area contributed by atoms with E-state index in [0.717, 1.165) is 28.2 Å². The Balaban J connectivity index is 1.58. The summed E-state index contributed by atoms with van der Waals surface area (Å²) in [6.45, 7) is 1.89. The maximum absolute atomic E-state index is 13.1. The predicted octanol–water partition coefficient (Wildman–Crippen LogP) is 4.76. The van der Waals surface area contributed by atoms with Gasteiger partial charge in [0.25, 0.3) is 5.91 Å². The molecule has 0 N–H and O–H groups in total. The first-order valence-corrected chi connectivity index (χ1v) is 9.93. The third-order valence-corrected chi connectivity index (χ3v) is 5.22. The number of benzene rings is 3. The van der Waals surface area contributed by atoms with Crippen LogP contribution in [0.5, 0.6) is 11.5 Å². The second-order valence-corrected chi connectivity index (χ2v) is 7.20. The van der Waals surface area contributed by atoms with Crippen molar-refractivity contribution in [2.45, 2.75) is 19.4 Å². The summed E-state index contributed by atoms with van der Waals surface area (Å²) in [7, 11) is 1.64. The Morgan fingerprint density at radius 2 is 1.70 bits per heavy atom. The molecule has 0 fully saturated rings. The number of ether oxygens (including phenoxy) is 2. The lowest BCUT2D eigenvalue weighted by Crippen LogP contribution is -2.31. The molecule has 0 saturated carbocycles. The Morgan fingerprint density at radius 3 is 2.40 bits per heavy atom. The van der Waals surface area contributed by atoms with Gasteiger partial charge in [-0.1, -0.05) is 60.7 Å². The van der Waals surface area contributed by atoms with Crippen molar-refractivity contribution in [2.24, 2.45) is 5.10 Å². The van der Waals surface area contributed by atoms with Crippen LogP contribution in [0.2, 0.25) is 0 Å². The van der Waals surface area contributed by atoms with E-state index in [2.05, 4.69) is 5.10 Å². The van der Waals surface area contributed by atoms with Crippen LogP contribution in [0, 0.1) is 6.92 Å². The van der Waals surface area contributed by atoms with Crippen LogP contribution in [0.25, 0.3) is 0 Å². The molecule has 4 rings (SSSR count). The Hall–Kier alpha value is -3.60. The molecule has 0 aliphatic carbocycles. The van der Waals surface area contributed by atoms with Crippen LogP contribution in [0.4, 0.5) is 0 Å². The summed E-state index contributed by atoms with van der Waals surface area (Å²) >= 11 is 0. The lowest BCUT2D eigenvalue weighted by molar-refractivity contribution is -0.135. The number of methoxy groups -OCH3 is 1. The molecule has 0 spiro atoms. The molecule has 1 unspecified atom stereocenters. The number of carbonyl (C=O) groups is 1. The summed E-state index contributed by atoms with van der Waals surface area (Å²) in [6, 6.07) is 25.2. The topological polar surface area (TPSA) is 51.1 Å². The third kappa shape index (κ3) is 4.20. The van der Waals surface area contributed by atoms with Crippen molar-refractivity contribution in [2.75, 3.05) is 13.7 Å². The lowest BCUT2D eigenvalue weighted by Gasteiger charge is -2.22. The first-order valence-electron chi connectivity index (χ1n) is 9.93. The molecule has 0 bridgehead atoms. The van der Waals surface area contributed by atoms with E-state index in [4.69, 9.17) is 9.47 Å². The minimum absolute atomic E-state index is 0.0664. The van der Waals surface area contributed by atoms with Gasteiger partial charge in [0.1, 0.15) is 11.5 Å². The van der Waals surface area contributed by atoms with Gasteiger partial charge in [0.15, 0.2) is 6.61 Å². The van der Waals surface area contributed by atoms with Crippen molar-refractivity contribution in [3.05, 3.63) is 95.6 Å². The third-order valence-electron chi connectivity index (χ3n) is 5.22. The van der Waals surface area contributed by atoms with E-state index in [1.165, 1.54) is 0 Å². The number of para-hydroxylation sites is 1. The molecule has 3 aromatic rings. The lowest BCUT2D eigenvalue weighted by atomic mass is 9.98. The minimum atomic E-state index is -0.181. The van der Waals surface area contributed by atoms with Crippen LogP contribution in [-0.2, 0) is 4.79 Å². The van der Waals surface area contributed by atoms with Crippen LogP contribution in [0.3, 0.4) is 0 Å². The van der Waals surface area contributed by atoms with Crippen molar-refractivity contribution in [3.63, 3.8) is 0 Å². The standard InChI is InChI=1S/C25H24N2O3/c1-18-8-6-7-11-24(18)30-17-25(28)27-23(20-12-14-21(29-2)15-13-20)16-22(26-27)19-9-4-3-5-10-19/h3-15,23H,16-17H2,1-2H3. The monoisotopic (exact) mass is 400 g/mol. The fraction of sp³-hybridized carbons (Fsp3) is 0.200. The Bertz CT molecular complexity index is 1050. The SMILES string of the molecule is COc1ccc(C2CC(c3ccccc3)=NN2C(=O)COc2ccccc2C)cc1. The first kappa shape index (κ1) is 19.7. The summed E-state index contributed by atoms with van der Waals surface area (Å²) in [6.07, 6.45) is 0.645. The average Bonchev–Trinajstić information content (AvgIpc) is 3.25. The number of hydrogen-bond acceptors (Lipinski definition) is 4. The Labute approximate surface area is 176 Å². The number of nitrogens with zero attached hydrogens (tertiary/aromatic N) is 2. The maximum Gasteiger partial charge on any atom is 0.281 e. The number of amides is 1. The van der Waals surface area contributed by atoms with Crippen LogP contribution in [0.1, 0.15) is 29.2 Å². The van der Waals surface area contributed by atoms with E-state index in [1.807, 2.05) is 85.8 Å². The zero-order valence-electron chi connectivity index (χ0n) is 17.1. The van der Waals surface area contributed by atoms with E-state index in [-0.39, 0.29) is 18.6 Å². The van der Waals surface area contributed by atoms with Gasteiger partial charge in [0.2, 0.25) is 0 Å². The average molecular weight is 400 g/mol. The fourth-order valence-electron chi connectivity index (χ4n) is 3.55. The zero-order valence-corrected chi connectivity index (χ0v) is 17.1. The molecular formula is C25H24N2O3. The summed E-state index contributed by atoms with van der Waals surface area (Å²) in [5.41, 5.74) is 3.91. The highest BCUT2D eigenvalue weighted by Gasteiger charge is 2.33. The predicted molar refractivity (Wildman–Crippen MR) is 117 cm³/mol. The van der Waals surface area contributed by atoms with E-state index in [9.17, 15) is 4.79 Å². The molecule has 1 atom stereocenters. The van der Waals surface area contributed by atoms with Crippen molar-refractivity contribution in [1.82, 2.24) is 5.01 Å². The molecule has 30 heavy (non-hydrogen) atoms. The molecule has 0 radical (unpaired) electrons. The highest BCUT2D eigenvalue weighted by Crippen LogP contribution is 2.33. The van der Waals surface area contributed by atoms with Crippen LogP contribution in [0.15, 0.2) is 84.0 Å². The van der Waals surface area contributed by atoms with E-state index < -0.39 is 0 Å². The molecule has 1 amide bonds. The summed E-state index contributed by atoms with van der Waals surface area (Å²) in [5.74, 6) is 1.31. The second-order valence-electron chi connectivity index (χ2n) is 7.20. The minimum Gasteiger partial charge on any atom is -0.497 e. The smallest absolute Gasteiger partial charge is 0.281 e. The molecule has 0 saturated heterocycles. The summed E-state index contributed by atoms with van der Waals surface area (Å²) in [5, 5.41) is 6.24. The summed E-state index contributed by atoms with van der Waals surface area (Å²) in [4.78, 5) is 13.1. The van der Waals surface area contributed by atoms with Crippen molar-refractivity contribution in [1.29, 1.82) is 0 Å². The second kappa shape index (κ2) is 8.82. The number of rotatable bonds is 6. The zero-order chi connectivity index (χ0) is 20.9. The van der Waals surface area contributed by atoms with E-state index >= 15 is 0 Å². The van der Waals surface area contributed by atoms with Crippen molar-refractivity contribution in [3.8, 4) is 11.5 Å². The van der Waals surface area contributed by atoms with Crippen LogP contribution in [-0.4, -0.2) is 30.3 Å². The van der Waals surface area contributed by atoms with Gasteiger partial charge in [-0.15, -0.1) is 0 Å². The molecular weight excluding hydrogens is 376 g/mol. The van der Waals surface area contributed by atoms with Crippen LogP contribution >= 0.6 is 0 Å². The fourth-order valence-corrected chi connectivity index (χ4v) is 3.55. The molecule has 1 aliphatic heterocycles. The molecule has 3 aromatic carbocycles. The van der Waals surface area contributed by atoms with Gasteiger partial charge in [-0.05, 0) is 41.8 Å². The first-order chi connectivity index (χ1) is 14.7. The summed E-state index contributed by atoms with van der Waals surface area (Å²) < 4.78 is 11.1. The van der Waals surface area contributed by atoms with Gasteiger partial charge in [-0.25, -0.2) is 5.01 Å². The number of aryl methyl sites for hydroxylation is 1. The molecule has 5 heteroatoms. The highest BCUT2D eigenvalue weighted by atomic mass is 16.5. The number of hydrazone groups is 1. The highest BCUT2D eigenvalue weighted by molar-refractivity contribution is 6.03. The van der Waals surface area contributed by atoms with Crippen molar-refractivity contribution < 1.29 is 14.3 Å². The molecule has 1 heterocycles. The van der Waals surface area contributed by atoms with Gasteiger partial charge in [-0.2, -0.15) is 5.10 Å².